The number of fused-ring (bicyclic) bond motifs is 1. The van der Waals surface area contributed by atoms with E-state index in [1.807, 2.05) is 35.0 Å². The number of carbonyl (C=O) groups is 3. The van der Waals surface area contributed by atoms with Crippen molar-refractivity contribution in [3.8, 4) is 12.3 Å². The second-order valence-electron chi connectivity index (χ2n) is 6.46. The van der Waals surface area contributed by atoms with Crippen molar-refractivity contribution in [2.24, 2.45) is 0 Å². The number of aromatic nitrogens is 1. The van der Waals surface area contributed by atoms with Gasteiger partial charge in [0.15, 0.2) is 0 Å². The minimum absolute atomic E-state index is 0.0105. The highest BCUT2D eigenvalue weighted by atomic mass is 32.2. The molecule has 1 aliphatic rings. The Kier molecular flexibility index (Phi) is 5.21. The van der Waals surface area contributed by atoms with Crippen LogP contribution in [0.3, 0.4) is 0 Å². The summed E-state index contributed by atoms with van der Waals surface area (Å²) in [5.74, 6) is 1.88. The fourth-order valence-electron chi connectivity index (χ4n) is 3.23. The van der Waals surface area contributed by atoms with Crippen LogP contribution in [0.2, 0.25) is 0 Å². The minimum atomic E-state index is -0.626. The number of imide groups is 1. The molecule has 3 heterocycles. The van der Waals surface area contributed by atoms with Gasteiger partial charge in [0.05, 0.1) is 25.1 Å². The van der Waals surface area contributed by atoms with Crippen molar-refractivity contribution >= 4 is 45.9 Å². The third-order valence-electron chi connectivity index (χ3n) is 4.60. The van der Waals surface area contributed by atoms with E-state index in [-0.39, 0.29) is 12.3 Å². The molecule has 0 N–H and O–H groups in total. The molecule has 0 radical (unpaired) electrons. The van der Waals surface area contributed by atoms with Crippen molar-refractivity contribution in [1.29, 1.82) is 0 Å². The Bertz CT molecular complexity index is 1240. The molecule has 1 saturated heterocycles. The van der Waals surface area contributed by atoms with Crippen LogP contribution in [0.1, 0.15) is 21.9 Å². The van der Waals surface area contributed by atoms with Gasteiger partial charge in [-0.2, -0.15) is 0 Å². The van der Waals surface area contributed by atoms with Crippen LogP contribution in [0.4, 0.5) is 4.79 Å². The quantitative estimate of drug-likeness (QED) is 0.354. The molecule has 0 unspecified atom stereocenters. The Balaban J connectivity index is 1.61. The fourth-order valence-corrected chi connectivity index (χ4v) is 4.06. The monoisotopic (exact) mass is 420 g/mol. The van der Waals surface area contributed by atoms with E-state index in [0.29, 0.717) is 17.2 Å². The molecule has 30 heavy (non-hydrogen) atoms. The number of ether oxygens (including phenoxy) is 1. The van der Waals surface area contributed by atoms with Gasteiger partial charge in [-0.3, -0.25) is 14.5 Å². The fraction of sp³-hybridized carbons (Fsp3) is 0.136. The Morgan fingerprint density at radius 1 is 1.27 bits per heavy atom. The highest BCUT2D eigenvalue weighted by Crippen LogP contribution is 2.35. The molecule has 1 aromatic carbocycles. The van der Waals surface area contributed by atoms with Gasteiger partial charge in [-0.15, -0.1) is 6.42 Å². The number of methoxy groups -OCH3 is 1. The predicted octanol–water partition coefficient (Wildman–Crippen LogP) is 3.89. The molecule has 2 aromatic heterocycles. The topological polar surface area (TPSA) is 81.8 Å². The first-order chi connectivity index (χ1) is 14.5. The highest BCUT2D eigenvalue weighted by Gasteiger charge is 2.36. The first-order valence-electron chi connectivity index (χ1n) is 8.95. The molecule has 4 rings (SSSR count). The summed E-state index contributed by atoms with van der Waals surface area (Å²) in [6.45, 7) is 0.328. The Morgan fingerprint density at radius 3 is 2.83 bits per heavy atom. The average Bonchev–Trinajstić information content (AvgIpc) is 3.42. The van der Waals surface area contributed by atoms with E-state index in [9.17, 15) is 14.4 Å². The van der Waals surface area contributed by atoms with Crippen LogP contribution in [0.15, 0.2) is 51.9 Å². The normalized spacial score (nSPS) is 15.2. The molecular formula is C22H16N2O5S. The van der Waals surface area contributed by atoms with Crippen LogP contribution in [-0.2, 0) is 22.6 Å². The number of terminal acetylenes is 1. The third-order valence-corrected chi connectivity index (χ3v) is 5.51. The number of furan rings is 1. The molecule has 1 fully saturated rings. The van der Waals surface area contributed by atoms with Crippen LogP contribution in [-0.4, -0.2) is 33.7 Å². The third kappa shape index (κ3) is 3.51. The van der Waals surface area contributed by atoms with E-state index in [2.05, 4.69) is 10.7 Å². The molecule has 0 bridgehead atoms. The number of hydrogen-bond acceptors (Lipinski definition) is 6. The number of thioether (sulfide) groups is 1. The number of rotatable bonds is 5. The average molecular weight is 420 g/mol. The van der Waals surface area contributed by atoms with Crippen molar-refractivity contribution in [2.45, 2.75) is 13.1 Å². The number of amides is 2. The molecule has 0 aliphatic carbocycles. The summed E-state index contributed by atoms with van der Waals surface area (Å²) < 4.78 is 11.9. The van der Waals surface area contributed by atoms with Gasteiger partial charge >= 0.3 is 5.97 Å². The lowest BCUT2D eigenvalue weighted by atomic mass is 10.1. The van der Waals surface area contributed by atoms with Crippen molar-refractivity contribution in [2.75, 3.05) is 7.11 Å². The van der Waals surface area contributed by atoms with E-state index in [4.69, 9.17) is 10.8 Å². The van der Waals surface area contributed by atoms with E-state index < -0.39 is 17.1 Å². The molecule has 150 valence electrons. The molecule has 2 amide bonds. The lowest BCUT2D eigenvalue weighted by Crippen LogP contribution is -2.27. The van der Waals surface area contributed by atoms with Crippen LogP contribution < -0.4 is 0 Å². The minimum Gasteiger partial charge on any atom is -0.463 e. The van der Waals surface area contributed by atoms with Crippen molar-refractivity contribution in [3.63, 3.8) is 0 Å². The molecule has 0 atom stereocenters. The summed E-state index contributed by atoms with van der Waals surface area (Å²) in [5.41, 5.74) is 1.75. The first kappa shape index (κ1) is 19.6. The Morgan fingerprint density at radius 2 is 2.07 bits per heavy atom. The molecule has 7 nitrogen and oxygen atoms in total. The van der Waals surface area contributed by atoms with E-state index in [0.717, 1.165) is 33.1 Å². The number of benzene rings is 1. The molecule has 0 spiro atoms. The van der Waals surface area contributed by atoms with Crippen LogP contribution in [0, 0.1) is 12.3 Å². The summed E-state index contributed by atoms with van der Waals surface area (Å²) in [4.78, 5) is 38.2. The molecule has 8 heteroatoms. The number of nitrogens with zero attached hydrogens (tertiary/aromatic N) is 2. The maximum atomic E-state index is 12.8. The summed E-state index contributed by atoms with van der Waals surface area (Å²) in [6, 6.07) is 10.7. The highest BCUT2D eigenvalue weighted by molar-refractivity contribution is 8.18. The first-order valence-corrected chi connectivity index (χ1v) is 9.77. The standard InChI is InChI=1S/C22H16N2O5S/c1-3-10-23-12-14(16-6-4-5-7-17(16)23)11-19-20(25)24(22(27)30-19)13-15-8-9-18(29-15)21(26)28-2/h1,4-9,11-12H,10,13H2,2H3/b19-11+. The largest absolute Gasteiger partial charge is 0.463 e. The van der Waals surface area contributed by atoms with Crippen LogP contribution in [0.25, 0.3) is 17.0 Å². The van der Waals surface area contributed by atoms with Gasteiger partial charge in [0, 0.05) is 22.7 Å². The lowest BCUT2D eigenvalue weighted by molar-refractivity contribution is -0.123. The van der Waals surface area contributed by atoms with Crippen molar-refractivity contribution in [1.82, 2.24) is 9.47 Å². The van der Waals surface area contributed by atoms with Gasteiger partial charge in [-0.05, 0) is 36.0 Å². The summed E-state index contributed by atoms with van der Waals surface area (Å²) >= 11 is 0.860. The summed E-state index contributed by atoms with van der Waals surface area (Å²) in [5, 5.41) is 0.530. The van der Waals surface area contributed by atoms with Crippen LogP contribution in [0.5, 0.6) is 0 Å². The zero-order chi connectivity index (χ0) is 21.3. The van der Waals surface area contributed by atoms with Gasteiger partial charge in [0.25, 0.3) is 11.1 Å². The summed E-state index contributed by atoms with van der Waals surface area (Å²) in [7, 11) is 1.24. The van der Waals surface area contributed by atoms with Crippen LogP contribution >= 0.6 is 11.8 Å². The number of esters is 1. The molecular weight excluding hydrogens is 404 g/mol. The van der Waals surface area contributed by atoms with E-state index in [1.165, 1.54) is 19.2 Å². The zero-order valence-electron chi connectivity index (χ0n) is 16.0. The second-order valence-corrected chi connectivity index (χ2v) is 7.45. The summed E-state index contributed by atoms with van der Waals surface area (Å²) in [6.07, 6.45) is 9.02. The van der Waals surface area contributed by atoms with Gasteiger partial charge in [-0.1, -0.05) is 24.1 Å². The SMILES string of the molecule is C#CCn1cc(/C=C2/SC(=O)N(Cc3ccc(C(=O)OC)o3)C2=O)c2ccccc21. The van der Waals surface area contributed by atoms with Gasteiger partial charge in [0.2, 0.25) is 5.76 Å². The van der Waals surface area contributed by atoms with Gasteiger partial charge in [0.1, 0.15) is 5.76 Å². The lowest BCUT2D eigenvalue weighted by Gasteiger charge is -2.09. The maximum absolute atomic E-state index is 12.8. The zero-order valence-corrected chi connectivity index (χ0v) is 16.8. The van der Waals surface area contributed by atoms with Gasteiger partial charge < -0.3 is 13.7 Å². The second kappa shape index (κ2) is 7.97. The number of para-hydroxylation sites is 1. The van der Waals surface area contributed by atoms with Crippen molar-refractivity contribution < 1.29 is 23.5 Å². The Labute approximate surface area is 176 Å². The molecule has 1 aliphatic heterocycles. The van der Waals surface area contributed by atoms with Gasteiger partial charge in [-0.25, -0.2) is 4.79 Å². The van der Waals surface area contributed by atoms with E-state index in [1.54, 1.807) is 6.08 Å². The van der Waals surface area contributed by atoms with E-state index >= 15 is 0 Å². The predicted molar refractivity (Wildman–Crippen MR) is 112 cm³/mol. The van der Waals surface area contributed by atoms with Crippen molar-refractivity contribution in [3.05, 3.63) is 64.6 Å². The number of carbonyl (C=O) groups excluding carboxylic acids is 3. The number of hydrogen-bond donors (Lipinski definition) is 0. The Hall–Kier alpha value is -3.70. The smallest absolute Gasteiger partial charge is 0.373 e. The molecule has 0 saturated carbocycles. The molecule has 3 aromatic rings. The maximum Gasteiger partial charge on any atom is 0.373 e.